The molecule has 0 atom stereocenters. The van der Waals surface area contributed by atoms with Crippen molar-refractivity contribution in [3.63, 3.8) is 0 Å². The van der Waals surface area contributed by atoms with Crippen LogP contribution < -0.4 is 0 Å². The Bertz CT molecular complexity index is 363. The number of benzene rings is 1. The lowest BCUT2D eigenvalue weighted by molar-refractivity contribution is -0.143. The van der Waals surface area contributed by atoms with E-state index in [1.54, 1.807) is 6.92 Å². The highest BCUT2D eigenvalue weighted by atomic mass is 79.9. The molecule has 88 valence electrons. The highest BCUT2D eigenvalue weighted by Crippen LogP contribution is 2.19. The van der Waals surface area contributed by atoms with E-state index in [-0.39, 0.29) is 12.6 Å². The van der Waals surface area contributed by atoms with Crippen molar-refractivity contribution >= 4 is 21.9 Å². The number of carbonyl (C=O) groups is 1. The van der Waals surface area contributed by atoms with Gasteiger partial charge in [0.1, 0.15) is 0 Å². The Morgan fingerprint density at radius 1 is 1.50 bits per heavy atom. The van der Waals surface area contributed by atoms with Crippen LogP contribution in [0, 0.1) is 0 Å². The van der Waals surface area contributed by atoms with Crippen molar-refractivity contribution in [2.24, 2.45) is 0 Å². The molecule has 0 saturated heterocycles. The Kier molecular flexibility index (Phi) is 5.49. The molecular weight excluding hydrogens is 272 g/mol. The van der Waals surface area contributed by atoms with E-state index >= 15 is 0 Å². The van der Waals surface area contributed by atoms with Crippen molar-refractivity contribution < 1.29 is 14.6 Å². The van der Waals surface area contributed by atoms with Crippen LogP contribution in [0.3, 0.4) is 0 Å². The molecule has 0 radical (unpaired) electrons. The number of aryl methyl sites for hydroxylation is 1. The highest BCUT2D eigenvalue weighted by Gasteiger charge is 2.04. The minimum Gasteiger partial charge on any atom is -0.466 e. The summed E-state index contributed by atoms with van der Waals surface area (Å²) in [7, 11) is 0. The number of carbonyl (C=O) groups excluding carboxylic acids is 1. The topological polar surface area (TPSA) is 46.5 Å². The average molecular weight is 287 g/mol. The third-order valence-corrected chi connectivity index (χ3v) is 2.95. The molecule has 0 aliphatic carbocycles. The van der Waals surface area contributed by atoms with Gasteiger partial charge in [0, 0.05) is 10.9 Å². The Labute approximate surface area is 104 Å². The van der Waals surface area contributed by atoms with Crippen molar-refractivity contribution in [1.29, 1.82) is 0 Å². The Balaban J connectivity index is 2.55. The third-order valence-electron chi connectivity index (χ3n) is 2.21. The maximum absolute atomic E-state index is 11.2. The fraction of sp³-hybridized carbons (Fsp3) is 0.417. The van der Waals surface area contributed by atoms with Crippen LogP contribution >= 0.6 is 15.9 Å². The zero-order valence-electron chi connectivity index (χ0n) is 9.20. The molecule has 0 heterocycles. The second kappa shape index (κ2) is 6.66. The Morgan fingerprint density at radius 2 is 2.25 bits per heavy atom. The molecule has 0 spiro atoms. The van der Waals surface area contributed by atoms with E-state index in [1.165, 1.54) is 0 Å². The number of esters is 1. The van der Waals surface area contributed by atoms with E-state index in [1.807, 2.05) is 18.2 Å². The number of hydrogen-bond acceptors (Lipinski definition) is 3. The molecular formula is C12H15BrO3. The van der Waals surface area contributed by atoms with Crippen molar-refractivity contribution in [3.05, 3.63) is 33.8 Å². The van der Waals surface area contributed by atoms with Gasteiger partial charge < -0.3 is 9.84 Å². The van der Waals surface area contributed by atoms with Crippen LogP contribution in [0.1, 0.15) is 24.5 Å². The molecule has 4 heteroatoms. The van der Waals surface area contributed by atoms with Gasteiger partial charge in [0.2, 0.25) is 0 Å². The van der Waals surface area contributed by atoms with E-state index in [0.29, 0.717) is 19.4 Å². The quantitative estimate of drug-likeness (QED) is 0.846. The molecule has 0 aromatic heterocycles. The predicted molar refractivity (Wildman–Crippen MR) is 65.0 cm³/mol. The first kappa shape index (κ1) is 13.2. The van der Waals surface area contributed by atoms with E-state index in [9.17, 15) is 4.79 Å². The molecule has 0 aliphatic rings. The summed E-state index contributed by atoms with van der Waals surface area (Å²) in [6.07, 6.45) is 1.04. The molecule has 3 nitrogen and oxygen atoms in total. The lowest BCUT2D eigenvalue weighted by Gasteiger charge is -2.05. The maximum atomic E-state index is 11.2. The number of rotatable bonds is 5. The Hall–Kier alpha value is -0.870. The van der Waals surface area contributed by atoms with Crippen LogP contribution in [0.5, 0.6) is 0 Å². The summed E-state index contributed by atoms with van der Waals surface area (Å²) in [6, 6.07) is 5.69. The van der Waals surface area contributed by atoms with Crippen LogP contribution in [-0.2, 0) is 22.6 Å². The highest BCUT2D eigenvalue weighted by molar-refractivity contribution is 9.10. The van der Waals surface area contributed by atoms with Crippen LogP contribution in [0.25, 0.3) is 0 Å². The molecule has 0 fully saturated rings. The minimum absolute atomic E-state index is 0.0126. The molecule has 1 N–H and O–H groups in total. The monoisotopic (exact) mass is 286 g/mol. The molecule has 0 aliphatic heterocycles. The first-order valence-corrected chi connectivity index (χ1v) is 6.00. The smallest absolute Gasteiger partial charge is 0.306 e. The SMILES string of the molecule is CCOC(=O)CCc1ccc(CO)c(Br)c1. The number of halogens is 1. The van der Waals surface area contributed by atoms with Gasteiger partial charge in [-0.1, -0.05) is 28.1 Å². The zero-order chi connectivity index (χ0) is 12.0. The molecule has 1 rings (SSSR count). The standard InChI is InChI=1S/C12H15BrO3/c1-2-16-12(15)6-4-9-3-5-10(8-14)11(13)7-9/h3,5,7,14H,2,4,6,8H2,1H3. The molecule has 0 unspecified atom stereocenters. The van der Waals surface area contributed by atoms with Crippen LogP contribution in [0.2, 0.25) is 0 Å². The van der Waals surface area contributed by atoms with Gasteiger partial charge in [-0.2, -0.15) is 0 Å². The third kappa shape index (κ3) is 3.94. The predicted octanol–water partition coefficient (Wildman–Crippen LogP) is 2.44. The van der Waals surface area contributed by atoms with E-state index in [0.717, 1.165) is 15.6 Å². The summed E-state index contributed by atoms with van der Waals surface area (Å²) in [5.41, 5.74) is 1.90. The number of aliphatic hydroxyl groups excluding tert-OH is 1. The van der Waals surface area contributed by atoms with Crippen LogP contribution in [-0.4, -0.2) is 17.7 Å². The van der Waals surface area contributed by atoms with Crippen molar-refractivity contribution in [2.75, 3.05) is 6.61 Å². The largest absolute Gasteiger partial charge is 0.466 e. The van der Waals surface area contributed by atoms with Crippen molar-refractivity contribution in [1.82, 2.24) is 0 Å². The van der Waals surface area contributed by atoms with Crippen molar-refractivity contribution in [2.45, 2.75) is 26.4 Å². The Morgan fingerprint density at radius 3 is 2.81 bits per heavy atom. The maximum Gasteiger partial charge on any atom is 0.306 e. The number of ether oxygens (including phenoxy) is 1. The summed E-state index contributed by atoms with van der Waals surface area (Å²) >= 11 is 3.37. The average Bonchev–Trinajstić information content (AvgIpc) is 2.27. The molecule has 1 aromatic carbocycles. The summed E-state index contributed by atoms with van der Waals surface area (Å²) < 4.78 is 5.72. The molecule has 0 bridgehead atoms. The second-order valence-electron chi connectivity index (χ2n) is 3.39. The lowest BCUT2D eigenvalue weighted by atomic mass is 10.1. The summed E-state index contributed by atoms with van der Waals surface area (Å²) in [6.45, 7) is 2.23. The molecule has 0 amide bonds. The normalized spacial score (nSPS) is 10.2. The summed E-state index contributed by atoms with van der Waals surface area (Å²) in [5, 5.41) is 8.99. The second-order valence-corrected chi connectivity index (χ2v) is 4.24. The first-order chi connectivity index (χ1) is 7.67. The van der Waals surface area contributed by atoms with Gasteiger partial charge in [-0.05, 0) is 30.5 Å². The van der Waals surface area contributed by atoms with E-state index in [4.69, 9.17) is 9.84 Å². The zero-order valence-corrected chi connectivity index (χ0v) is 10.8. The van der Waals surface area contributed by atoms with Gasteiger partial charge in [-0.3, -0.25) is 4.79 Å². The van der Waals surface area contributed by atoms with Crippen molar-refractivity contribution in [3.8, 4) is 0 Å². The van der Waals surface area contributed by atoms with Gasteiger partial charge in [-0.25, -0.2) is 0 Å². The molecule has 16 heavy (non-hydrogen) atoms. The van der Waals surface area contributed by atoms with E-state index in [2.05, 4.69) is 15.9 Å². The number of aliphatic hydroxyl groups is 1. The van der Waals surface area contributed by atoms with Gasteiger partial charge in [-0.15, -0.1) is 0 Å². The fourth-order valence-corrected chi connectivity index (χ4v) is 1.91. The van der Waals surface area contributed by atoms with Gasteiger partial charge >= 0.3 is 5.97 Å². The van der Waals surface area contributed by atoms with Gasteiger partial charge in [0.15, 0.2) is 0 Å². The molecule has 1 aromatic rings. The van der Waals surface area contributed by atoms with Crippen LogP contribution in [0.15, 0.2) is 22.7 Å². The minimum atomic E-state index is -0.176. The van der Waals surface area contributed by atoms with E-state index < -0.39 is 0 Å². The van der Waals surface area contributed by atoms with Gasteiger partial charge in [0.25, 0.3) is 0 Å². The lowest BCUT2D eigenvalue weighted by Crippen LogP contribution is -2.05. The summed E-state index contributed by atoms with van der Waals surface area (Å²) in [5.74, 6) is -0.176. The summed E-state index contributed by atoms with van der Waals surface area (Å²) in [4.78, 5) is 11.2. The van der Waals surface area contributed by atoms with Crippen LogP contribution in [0.4, 0.5) is 0 Å². The van der Waals surface area contributed by atoms with Gasteiger partial charge in [0.05, 0.1) is 13.2 Å². The number of hydrogen-bond donors (Lipinski definition) is 1. The first-order valence-electron chi connectivity index (χ1n) is 5.21. The molecule has 0 saturated carbocycles. The fourth-order valence-electron chi connectivity index (χ4n) is 1.35.